The fourth-order valence-corrected chi connectivity index (χ4v) is 1.34. The fraction of sp³-hybridized carbons (Fsp3) is 0.538. The van der Waals surface area contributed by atoms with Crippen molar-refractivity contribution in [1.29, 1.82) is 0 Å². The normalized spacial score (nSPS) is 11.7. The molecule has 0 radical (unpaired) electrons. The molecule has 0 saturated heterocycles. The molecule has 15 heavy (non-hydrogen) atoms. The molecular formula is C13H24N2. The molecule has 0 aliphatic rings. The highest BCUT2D eigenvalue weighted by atomic mass is 15.1. The number of hydrogen-bond acceptors (Lipinski definition) is 2. The van der Waals surface area contributed by atoms with E-state index in [4.69, 9.17) is 0 Å². The molecule has 0 spiro atoms. The van der Waals surface area contributed by atoms with Crippen LogP contribution in [0.5, 0.6) is 0 Å². The van der Waals surface area contributed by atoms with Gasteiger partial charge in [0.05, 0.1) is 0 Å². The summed E-state index contributed by atoms with van der Waals surface area (Å²) in [6.07, 6.45) is 3.07. The average molecular weight is 208 g/mol. The van der Waals surface area contributed by atoms with Gasteiger partial charge in [0.2, 0.25) is 0 Å². The van der Waals surface area contributed by atoms with Gasteiger partial charge in [-0.25, -0.2) is 0 Å². The van der Waals surface area contributed by atoms with E-state index < -0.39 is 0 Å². The van der Waals surface area contributed by atoms with E-state index >= 15 is 0 Å². The summed E-state index contributed by atoms with van der Waals surface area (Å²) in [4.78, 5) is 2.26. The third-order valence-corrected chi connectivity index (χ3v) is 2.42. The third kappa shape index (κ3) is 5.31. The average Bonchev–Trinajstić information content (AvgIpc) is 2.18. The van der Waals surface area contributed by atoms with E-state index in [2.05, 4.69) is 44.3 Å². The van der Waals surface area contributed by atoms with Crippen molar-refractivity contribution < 1.29 is 0 Å². The molecule has 0 aromatic heterocycles. The molecule has 0 bridgehead atoms. The molecule has 2 heteroatoms. The highest BCUT2D eigenvalue weighted by molar-refractivity contribution is 5.24. The molecule has 0 aliphatic carbocycles. The first-order valence-electron chi connectivity index (χ1n) is 5.45. The van der Waals surface area contributed by atoms with Crippen molar-refractivity contribution in [3.05, 3.63) is 36.2 Å². The van der Waals surface area contributed by atoms with Crippen molar-refractivity contribution in [2.24, 2.45) is 0 Å². The van der Waals surface area contributed by atoms with Gasteiger partial charge in [-0.15, -0.1) is 0 Å². The Morgan fingerprint density at radius 1 is 1.40 bits per heavy atom. The molecule has 0 atom stereocenters. The zero-order valence-electron chi connectivity index (χ0n) is 10.6. The van der Waals surface area contributed by atoms with Gasteiger partial charge in [0.25, 0.3) is 0 Å². The molecule has 0 aliphatic heterocycles. The van der Waals surface area contributed by atoms with E-state index in [0.717, 1.165) is 25.2 Å². The summed E-state index contributed by atoms with van der Waals surface area (Å²) in [5, 5.41) is 3.22. The van der Waals surface area contributed by atoms with E-state index in [9.17, 15) is 0 Å². The van der Waals surface area contributed by atoms with Crippen LogP contribution in [0.4, 0.5) is 0 Å². The minimum Gasteiger partial charge on any atom is -0.385 e. The molecule has 1 N–H and O–H groups in total. The quantitative estimate of drug-likeness (QED) is 0.647. The SMILES string of the molecule is C=C/C(CNC(=C)C)=C(/C)N(C)CCC. The summed E-state index contributed by atoms with van der Waals surface area (Å²) in [5.74, 6) is 0. The van der Waals surface area contributed by atoms with E-state index in [1.807, 2.05) is 13.0 Å². The van der Waals surface area contributed by atoms with Crippen LogP contribution in [0.2, 0.25) is 0 Å². The molecule has 0 aromatic rings. The van der Waals surface area contributed by atoms with Gasteiger partial charge in [0.15, 0.2) is 0 Å². The van der Waals surface area contributed by atoms with E-state index in [1.165, 1.54) is 11.3 Å². The van der Waals surface area contributed by atoms with E-state index in [0.29, 0.717) is 0 Å². The van der Waals surface area contributed by atoms with Gasteiger partial charge in [-0.05, 0) is 25.8 Å². The van der Waals surface area contributed by atoms with Crippen LogP contribution in [0.25, 0.3) is 0 Å². The number of allylic oxidation sites excluding steroid dienone is 2. The molecular weight excluding hydrogens is 184 g/mol. The molecule has 2 nitrogen and oxygen atoms in total. The van der Waals surface area contributed by atoms with Gasteiger partial charge in [-0.2, -0.15) is 0 Å². The Morgan fingerprint density at radius 3 is 2.40 bits per heavy atom. The van der Waals surface area contributed by atoms with Gasteiger partial charge in [0, 0.05) is 31.5 Å². The van der Waals surface area contributed by atoms with Crippen molar-refractivity contribution >= 4 is 0 Å². The first kappa shape index (κ1) is 13.8. The van der Waals surface area contributed by atoms with Crippen LogP contribution in [0.15, 0.2) is 36.2 Å². The fourth-order valence-electron chi connectivity index (χ4n) is 1.34. The highest BCUT2D eigenvalue weighted by Crippen LogP contribution is 2.09. The van der Waals surface area contributed by atoms with Gasteiger partial charge >= 0.3 is 0 Å². The summed E-state index contributed by atoms with van der Waals surface area (Å²) in [7, 11) is 2.11. The standard InChI is InChI=1S/C13H24N2/c1-7-9-15(6)12(5)13(8-2)10-14-11(3)4/h8,14H,2-3,7,9-10H2,1,4-6H3/b13-12+. The lowest BCUT2D eigenvalue weighted by Gasteiger charge is -2.22. The lowest BCUT2D eigenvalue weighted by atomic mass is 10.2. The smallest absolute Gasteiger partial charge is 0.0414 e. The van der Waals surface area contributed by atoms with Gasteiger partial charge in [-0.3, -0.25) is 0 Å². The Bertz CT molecular complexity index is 251. The maximum Gasteiger partial charge on any atom is 0.0414 e. The second kappa shape index (κ2) is 7.16. The van der Waals surface area contributed by atoms with Crippen molar-refractivity contribution in [3.63, 3.8) is 0 Å². The van der Waals surface area contributed by atoms with Gasteiger partial charge in [0.1, 0.15) is 0 Å². The summed E-state index contributed by atoms with van der Waals surface area (Å²) in [5.41, 5.74) is 3.50. The Hall–Kier alpha value is -1.18. The number of nitrogens with zero attached hydrogens (tertiary/aromatic N) is 1. The lowest BCUT2D eigenvalue weighted by Crippen LogP contribution is -2.22. The Morgan fingerprint density at radius 2 is 2.00 bits per heavy atom. The first-order valence-corrected chi connectivity index (χ1v) is 5.45. The zero-order chi connectivity index (χ0) is 11.8. The Balaban J connectivity index is 4.50. The van der Waals surface area contributed by atoms with Crippen LogP contribution in [0.3, 0.4) is 0 Å². The highest BCUT2D eigenvalue weighted by Gasteiger charge is 2.03. The summed E-state index contributed by atoms with van der Waals surface area (Å²) in [6, 6.07) is 0. The third-order valence-electron chi connectivity index (χ3n) is 2.42. The summed E-state index contributed by atoms with van der Waals surface area (Å²) in [6.45, 7) is 15.8. The Kier molecular flexibility index (Phi) is 6.59. The summed E-state index contributed by atoms with van der Waals surface area (Å²) < 4.78 is 0. The van der Waals surface area contributed by atoms with Gasteiger partial charge < -0.3 is 10.2 Å². The molecule has 0 rings (SSSR count). The van der Waals surface area contributed by atoms with Crippen molar-refractivity contribution in [2.75, 3.05) is 20.1 Å². The van der Waals surface area contributed by atoms with Crippen LogP contribution >= 0.6 is 0 Å². The molecule has 0 aromatic carbocycles. The molecule has 0 heterocycles. The summed E-state index contributed by atoms with van der Waals surface area (Å²) >= 11 is 0. The minimum atomic E-state index is 0.804. The number of hydrogen-bond donors (Lipinski definition) is 1. The predicted molar refractivity (Wildman–Crippen MR) is 68.6 cm³/mol. The second-order valence-electron chi connectivity index (χ2n) is 3.87. The minimum absolute atomic E-state index is 0.804. The van der Waals surface area contributed by atoms with Crippen LogP contribution in [-0.4, -0.2) is 25.0 Å². The van der Waals surface area contributed by atoms with Gasteiger partial charge in [-0.1, -0.05) is 26.2 Å². The van der Waals surface area contributed by atoms with Crippen molar-refractivity contribution in [3.8, 4) is 0 Å². The lowest BCUT2D eigenvalue weighted by molar-refractivity contribution is 0.413. The number of rotatable bonds is 7. The maximum absolute atomic E-state index is 3.85. The van der Waals surface area contributed by atoms with Crippen molar-refractivity contribution in [2.45, 2.75) is 27.2 Å². The number of nitrogens with one attached hydrogen (secondary N) is 1. The van der Waals surface area contributed by atoms with Crippen LogP contribution in [-0.2, 0) is 0 Å². The Labute approximate surface area is 94.4 Å². The second-order valence-corrected chi connectivity index (χ2v) is 3.87. The van der Waals surface area contributed by atoms with E-state index in [1.54, 1.807) is 0 Å². The first-order chi connectivity index (χ1) is 7.02. The van der Waals surface area contributed by atoms with E-state index in [-0.39, 0.29) is 0 Å². The zero-order valence-corrected chi connectivity index (χ0v) is 10.6. The van der Waals surface area contributed by atoms with Crippen LogP contribution in [0, 0.1) is 0 Å². The monoisotopic (exact) mass is 208 g/mol. The molecule has 0 unspecified atom stereocenters. The molecule has 86 valence electrons. The predicted octanol–water partition coefficient (Wildman–Crippen LogP) is 2.91. The molecule has 0 fully saturated rings. The largest absolute Gasteiger partial charge is 0.385 e. The van der Waals surface area contributed by atoms with Crippen LogP contribution < -0.4 is 5.32 Å². The topological polar surface area (TPSA) is 15.3 Å². The molecule has 0 saturated carbocycles. The van der Waals surface area contributed by atoms with Crippen molar-refractivity contribution in [1.82, 2.24) is 10.2 Å². The van der Waals surface area contributed by atoms with Crippen LogP contribution in [0.1, 0.15) is 27.2 Å². The maximum atomic E-state index is 3.85. The molecule has 0 amide bonds.